The van der Waals surface area contributed by atoms with Crippen molar-refractivity contribution in [3.8, 4) is 0 Å². The Bertz CT molecular complexity index is 1050. The van der Waals surface area contributed by atoms with E-state index in [0.717, 1.165) is 5.56 Å². The number of aryl methyl sites for hydroxylation is 1. The minimum atomic E-state index is -0.610. The van der Waals surface area contributed by atoms with Crippen LogP contribution >= 0.6 is 0 Å². The lowest BCUT2D eigenvalue weighted by Gasteiger charge is -2.10. The molecule has 0 spiro atoms. The summed E-state index contributed by atoms with van der Waals surface area (Å²) in [6.07, 6.45) is 3.27. The number of anilines is 1. The Morgan fingerprint density at radius 2 is 2.29 bits per heavy atom. The first-order chi connectivity index (χ1) is 11.5. The van der Waals surface area contributed by atoms with Gasteiger partial charge >= 0.3 is 5.97 Å². The average molecular weight is 325 g/mol. The number of rotatable bonds is 3. The molecule has 0 saturated carbocycles. The molecule has 0 radical (unpaired) electrons. The van der Waals surface area contributed by atoms with Crippen LogP contribution in [0.1, 0.15) is 15.9 Å². The molecule has 3 heterocycles. The monoisotopic (exact) mass is 325 g/mol. The molecular weight excluding hydrogens is 308 g/mol. The number of carbonyl (C=O) groups is 1. The lowest BCUT2D eigenvalue weighted by atomic mass is 10.2. The van der Waals surface area contributed by atoms with Gasteiger partial charge in [-0.2, -0.15) is 0 Å². The zero-order valence-corrected chi connectivity index (χ0v) is 13.4. The Labute approximate surface area is 137 Å². The molecule has 0 saturated heterocycles. The smallest absolute Gasteiger partial charge is 0.344 e. The Hall–Kier alpha value is -3.22. The molecule has 3 rings (SSSR count). The number of nitrogen functional groups attached to an aromatic ring is 1. The Morgan fingerprint density at radius 1 is 1.54 bits per heavy atom. The number of carbonyl (C=O) groups excluding carboxylic acids is 1. The predicted molar refractivity (Wildman–Crippen MR) is 89.8 cm³/mol. The van der Waals surface area contributed by atoms with E-state index in [4.69, 9.17) is 10.5 Å². The van der Waals surface area contributed by atoms with E-state index >= 15 is 0 Å². The fourth-order valence-corrected chi connectivity index (χ4v) is 2.70. The number of ether oxygens (including phenoxy) is 1. The van der Waals surface area contributed by atoms with Crippen molar-refractivity contribution < 1.29 is 14.1 Å². The van der Waals surface area contributed by atoms with Gasteiger partial charge in [-0.25, -0.2) is 9.36 Å². The zero-order chi connectivity index (χ0) is 17.4. The van der Waals surface area contributed by atoms with Crippen molar-refractivity contribution in [1.29, 1.82) is 0 Å². The number of nitrogens with two attached hydrogens (primary N) is 1. The third-order valence-corrected chi connectivity index (χ3v) is 3.89. The summed E-state index contributed by atoms with van der Waals surface area (Å²) in [5.74, 6) is -0.431. The number of fused-ring (bicyclic) bond motifs is 2. The highest BCUT2D eigenvalue weighted by Crippen LogP contribution is 2.16. The summed E-state index contributed by atoms with van der Waals surface area (Å²) in [7, 11) is 1.26. The van der Waals surface area contributed by atoms with Crippen LogP contribution in [0.4, 0.5) is 5.82 Å². The summed E-state index contributed by atoms with van der Waals surface area (Å²) in [5, 5.41) is 0.287. The molecule has 2 N–H and O–H groups in total. The van der Waals surface area contributed by atoms with Crippen molar-refractivity contribution in [3.05, 3.63) is 58.5 Å². The van der Waals surface area contributed by atoms with E-state index in [1.54, 1.807) is 22.9 Å². The van der Waals surface area contributed by atoms with Crippen molar-refractivity contribution in [3.63, 3.8) is 0 Å². The molecule has 0 aliphatic carbocycles. The van der Waals surface area contributed by atoms with Crippen molar-refractivity contribution >= 4 is 28.5 Å². The van der Waals surface area contributed by atoms with Gasteiger partial charge in [0.15, 0.2) is 0 Å². The van der Waals surface area contributed by atoms with Crippen LogP contribution in [-0.2, 0) is 11.3 Å². The summed E-state index contributed by atoms with van der Waals surface area (Å²) in [4.78, 5) is 29.4. The molecule has 0 aliphatic heterocycles. The molecule has 3 aromatic heterocycles. The number of esters is 1. The second-order valence-electron chi connectivity index (χ2n) is 5.37. The predicted octanol–water partition coefficient (Wildman–Crippen LogP) is 0.998. The molecule has 7 heteroatoms. The summed E-state index contributed by atoms with van der Waals surface area (Å²) in [6.45, 7) is 5.88. The second-order valence-corrected chi connectivity index (χ2v) is 5.37. The topological polar surface area (TPSA) is 90.6 Å². The molecule has 0 aromatic carbocycles. The van der Waals surface area contributed by atoms with E-state index in [0.29, 0.717) is 17.8 Å². The van der Waals surface area contributed by atoms with Crippen LogP contribution in [0.25, 0.3) is 16.7 Å². The second kappa shape index (κ2) is 5.77. The number of nitrogens with zero attached hydrogens (tertiary/aromatic N) is 3. The molecule has 24 heavy (non-hydrogen) atoms. The van der Waals surface area contributed by atoms with E-state index in [9.17, 15) is 9.59 Å². The largest absolute Gasteiger partial charge is 0.465 e. The van der Waals surface area contributed by atoms with Crippen LogP contribution < -0.4 is 15.9 Å². The van der Waals surface area contributed by atoms with Gasteiger partial charge in [-0.3, -0.25) is 9.20 Å². The maximum absolute atomic E-state index is 12.9. The van der Waals surface area contributed by atoms with Crippen LogP contribution in [0.3, 0.4) is 0 Å². The number of pyridine rings is 2. The first-order valence-electron chi connectivity index (χ1n) is 7.32. The zero-order valence-electron chi connectivity index (χ0n) is 13.4. The molecule has 122 valence electrons. The fraction of sp³-hybridized carbons (Fsp3) is 0.176. The molecule has 0 fully saturated rings. The first-order valence-corrected chi connectivity index (χ1v) is 7.32. The van der Waals surface area contributed by atoms with Crippen molar-refractivity contribution in [2.75, 3.05) is 12.8 Å². The number of aromatic nitrogens is 3. The quantitative estimate of drug-likeness (QED) is 0.336. The minimum absolute atomic E-state index is 0.123. The van der Waals surface area contributed by atoms with Crippen LogP contribution in [0.5, 0.6) is 0 Å². The Morgan fingerprint density at radius 3 is 2.96 bits per heavy atom. The number of hydrogen-bond donors (Lipinski definition) is 1. The highest BCUT2D eigenvalue weighted by molar-refractivity contribution is 5.96. The van der Waals surface area contributed by atoms with Gasteiger partial charge in [-0.1, -0.05) is 23.7 Å². The summed E-state index contributed by atoms with van der Waals surface area (Å²) in [6, 6.07) is 5.07. The van der Waals surface area contributed by atoms with E-state index in [1.165, 1.54) is 17.6 Å². The van der Waals surface area contributed by atoms with Gasteiger partial charge < -0.3 is 10.5 Å². The van der Waals surface area contributed by atoms with Crippen LogP contribution in [-0.4, -0.2) is 22.5 Å². The third-order valence-electron chi connectivity index (χ3n) is 3.89. The van der Waals surface area contributed by atoms with Gasteiger partial charge in [0.1, 0.15) is 10.9 Å². The SMILES string of the molecule is C=CC[n+]1c(N)c(C(=O)OC)cc2c(=O)n3cccc(C)c3nc21. The molecule has 0 aliphatic rings. The molecule has 0 amide bonds. The molecule has 7 nitrogen and oxygen atoms in total. The molecule has 3 aromatic rings. The highest BCUT2D eigenvalue weighted by Gasteiger charge is 2.24. The van der Waals surface area contributed by atoms with Gasteiger partial charge in [0.05, 0.1) is 13.7 Å². The summed E-state index contributed by atoms with van der Waals surface area (Å²) >= 11 is 0. The Balaban J connectivity index is 2.56. The minimum Gasteiger partial charge on any atom is -0.465 e. The third kappa shape index (κ3) is 2.21. The van der Waals surface area contributed by atoms with Crippen molar-refractivity contribution in [2.45, 2.75) is 13.5 Å². The standard InChI is InChI=1S/C17H16N4O3/c1-4-7-20-13(18)11(17(23)24-3)9-12-15(20)19-14-10(2)6-5-8-21(14)16(12)22/h4-6,8-9,18H,1,7H2,2-3H3/p+1. The van der Waals surface area contributed by atoms with Crippen LogP contribution in [0, 0.1) is 6.92 Å². The van der Waals surface area contributed by atoms with Crippen molar-refractivity contribution in [1.82, 2.24) is 9.38 Å². The Kier molecular flexibility index (Phi) is 3.76. The molecule has 0 unspecified atom stereocenters. The fourth-order valence-electron chi connectivity index (χ4n) is 2.70. The lowest BCUT2D eigenvalue weighted by Crippen LogP contribution is -2.41. The van der Waals surface area contributed by atoms with Gasteiger partial charge in [-0.05, 0) is 19.1 Å². The van der Waals surface area contributed by atoms with Gasteiger partial charge in [-0.15, -0.1) is 0 Å². The number of methoxy groups -OCH3 is 1. The maximum Gasteiger partial charge on any atom is 0.344 e. The van der Waals surface area contributed by atoms with Crippen LogP contribution in [0.2, 0.25) is 0 Å². The molecule has 0 atom stereocenters. The average Bonchev–Trinajstić information content (AvgIpc) is 2.58. The van der Waals surface area contributed by atoms with E-state index < -0.39 is 5.97 Å². The summed E-state index contributed by atoms with van der Waals surface area (Å²) < 4.78 is 7.80. The number of allylic oxidation sites excluding steroid dienone is 1. The lowest BCUT2D eigenvalue weighted by molar-refractivity contribution is -0.648. The normalized spacial score (nSPS) is 10.9. The van der Waals surface area contributed by atoms with Gasteiger partial charge in [0.25, 0.3) is 11.2 Å². The van der Waals surface area contributed by atoms with Gasteiger partial charge in [0.2, 0.25) is 11.5 Å². The van der Waals surface area contributed by atoms with Gasteiger partial charge in [0, 0.05) is 11.8 Å². The molecular formula is C17H17N4O3+. The highest BCUT2D eigenvalue weighted by atomic mass is 16.5. The summed E-state index contributed by atoms with van der Waals surface area (Å²) in [5.41, 5.74) is 7.76. The first kappa shape index (κ1) is 15.7. The maximum atomic E-state index is 12.9. The van der Waals surface area contributed by atoms with E-state index in [1.807, 2.05) is 13.0 Å². The molecule has 0 bridgehead atoms. The van der Waals surface area contributed by atoms with Crippen LogP contribution in [0.15, 0.2) is 41.8 Å². The number of hydrogen-bond acceptors (Lipinski definition) is 5. The van der Waals surface area contributed by atoms with Crippen molar-refractivity contribution in [2.24, 2.45) is 0 Å². The van der Waals surface area contributed by atoms with E-state index in [-0.39, 0.29) is 22.3 Å². The van der Waals surface area contributed by atoms with E-state index in [2.05, 4.69) is 11.6 Å².